The minimum absolute atomic E-state index is 0.0749. The number of carbonyl (C=O) groups excluding carboxylic acids is 1. The summed E-state index contributed by atoms with van der Waals surface area (Å²) in [4.78, 5) is 12.1. The van der Waals surface area contributed by atoms with E-state index in [2.05, 4.69) is 21.2 Å². The molecular formula is C19H21BrN2O2. The van der Waals surface area contributed by atoms with Gasteiger partial charge in [0.25, 0.3) is 5.91 Å². The highest BCUT2D eigenvalue weighted by molar-refractivity contribution is 9.10. The summed E-state index contributed by atoms with van der Waals surface area (Å²) in [5, 5.41) is 2.90. The lowest BCUT2D eigenvalue weighted by molar-refractivity contribution is 0.0950. The molecule has 2 aromatic carbocycles. The van der Waals surface area contributed by atoms with Gasteiger partial charge >= 0.3 is 0 Å². The number of hydrogen-bond acceptors (Lipinski definition) is 3. The maximum absolute atomic E-state index is 12.1. The second kappa shape index (κ2) is 7.81. The smallest absolute Gasteiger partial charge is 0.251 e. The average molecular weight is 389 g/mol. The summed E-state index contributed by atoms with van der Waals surface area (Å²) < 4.78 is 6.70. The first-order valence-corrected chi connectivity index (χ1v) is 8.93. The molecule has 0 spiro atoms. The maximum Gasteiger partial charge on any atom is 0.251 e. The minimum atomic E-state index is -0.0793. The van der Waals surface area contributed by atoms with E-state index in [-0.39, 0.29) is 11.9 Å². The Morgan fingerprint density at radius 2 is 1.92 bits per heavy atom. The fourth-order valence-electron chi connectivity index (χ4n) is 2.48. The molecule has 3 N–H and O–H groups in total. The van der Waals surface area contributed by atoms with Crippen LogP contribution in [0, 0.1) is 5.92 Å². The third kappa shape index (κ3) is 4.58. The number of hydrogen-bond donors (Lipinski definition) is 2. The number of halogens is 1. The zero-order valence-corrected chi connectivity index (χ0v) is 15.0. The van der Waals surface area contributed by atoms with E-state index in [0.29, 0.717) is 24.6 Å². The molecule has 1 atom stereocenters. The molecule has 0 aliphatic heterocycles. The van der Waals surface area contributed by atoms with Crippen LogP contribution < -0.4 is 15.8 Å². The van der Waals surface area contributed by atoms with Gasteiger partial charge in [-0.15, -0.1) is 0 Å². The lowest BCUT2D eigenvalue weighted by Crippen LogP contribution is -2.38. The standard InChI is InChI=1S/C19H21BrN2O2/c20-16-3-1-2-4-18(16)24-12-13-5-7-15(8-6-13)19(23)22-11-17(21)14-9-10-14/h1-8,14,17H,9-12,21H2,(H,22,23). The van der Waals surface area contributed by atoms with Crippen LogP contribution >= 0.6 is 15.9 Å². The number of amides is 1. The fraction of sp³-hybridized carbons (Fsp3) is 0.316. The van der Waals surface area contributed by atoms with Crippen LogP contribution in [-0.4, -0.2) is 18.5 Å². The molecule has 0 saturated heterocycles. The highest BCUT2D eigenvalue weighted by Gasteiger charge is 2.28. The molecule has 126 valence electrons. The van der Waals surface area contributed by atoms with Crippen LogP contribution in [0.4, 0.5) is 0 Å². The van der Waals surface area contributed by atoms with Crippen LogP contribution in [0.1, 0.15) is 28.8 Å². The summed E-state index contributed by atoms with van der Waals surface area (Å²) in [6.45, 7) is 0.994. The molecular weight excluding hydrogens is 368 g/mol. The van der Waals surface area contributed by atoms with Gasteiger partial charge in [0.15, 0.2) is 0 Å². The van der Waals surface area contributed by atoms with Crippen molar-refractivity contribution in [3.8, 4) is 5.75 Å². The number of rotatable bonds is 7. The number of benzene rings is 2. The first-order valence-electron chi connectivity index (χ1n) is 8.13. The summed E-state index contributed by atoms with van der Waals surface area (Å²) in [5.41, 5.74) is 7.65. The van der Waals surface area contributed by atoms with Crippen molar-refractivity contribution < 1.29 is 9.53 Å². The number of carbonyl (C=O) groups is 1. The lowest BCUT2D eigenvalue weighted by Gasteiger charge is -2.12. The molecule has 4 nitrogen and oxygen atoms in total. The van der Waals surface area contributed by atoms with E-state index >= 15 is 0 Å². The second-order valence-electron chi connectivity index (χ2n) is 6.13. The average Bonchev–Trinajstić information content (AvgIpc) is 3.44. The van der Waals surface area contributed by atoms with Gasteiger partial charge in [-0.2, -0.15) is 0 Å². The maximum atomic E-state index is 12.1. The topological polar surface area (TPSA) is 64.3 Å². The summed E-state index contributed by atoms with van der Waals surface area (Å²) in [7, 11) is 0. The van der Waals surface area contributed by atoms with Gasteiger partial charge < -0.3 is 15.8 Å². The van der Waals surface area contributed by atoms with E-state index in [0.717, 1.165) is 15.8 Å². The third-order valence-electron chi connectivity index (χ3n) is 4.17. The van der Waals surface area contributed by atoms with Gasteiger partial charge in [0.05, 0.1) is 4.47 Å². The number of nitrogens with two attached hydrogens (primary N) is 1. The van der Waals surface area contributed by atoms with Crippen molar-refractivity contribution in [3.05, 3.63) is 64.1 Å². The van der Waals surface area contributed by atoms with Crippen LogP contribution in [0.25, 0.3) is 0 Å². The van der Waals surface area contributed by atoms with Crippen LogP contribution in [0.5, 0.6) is 5.75 Å². The Morgan fingerprint density at radius 1 is 1.21 bits per heavy atom. The Kier molecular flexibility index (Phi) is 5.53. The summed E-state index contributed by atoms with van der Waals surface area (Å²) in [5.74, 6) is 1.31. The highest BCUT2D eigenvalue weighted by atomic mass is 79.9. The number of para-hydroxylation sites is 1. The van der Waals surface area contributed by atoms with Crippen molar-refractivity contribution in [2.24, 2.45) is 11.7 Å². The molecule has 24 heavy (non-hydrogen) atoms. The molecule has 2 aromatic rings. The zero-order chi connectivity index (χ0) is 16.9. The van der Waals surface area contributed by atoms with Crippen molar-refractivity contribution in [1.29, 1.82) is 0 Å². The molecule has 0 aromatic heterocycles. The monoisotopic (exact) mass is 388 g/mol. The van der Waals surface area contributed by atoms with E-state index < -0.39 is 0 Å². The first kappa shape index (κ1) is 17.0. The fourth-order valence-corrected chi connectivity index (χ4v) is 2.88. The molecule has 0 bridgehead atoms. The van der Waals surface area contributed by atoms with Gasteiger partial charge in [0.1, 0.15) is 12.4 Å². The van der Waals surface area contributed by atoms with Gasteiger partial charge in [-0.1, -0.05) is 24.3 Å². The molecule has 5 heteroatoms. The quantitative estimate of drug-likeness (QED) is 0.762. The van der Waals surface area contributed by atoms with Gasteiger partial charge in [-0.3, -0.25) is 4.79 Å². The van der Waals surface area contributed by atoms with Crippen molar-refractivity contribution in [1.82, 2.24) is 5.32 Å². The number of nitrogens with one attached hydrogen (secondary N) is 1. The van der Waals surface area contributed by atoms with E-state index in [9.17, 15) is 4.79 Å². The molecule has 1 aliphatic rings. The lowest BCUT2D eigenvalue weighted by atomic mass is 10.1. The Balaban J connectivity index is 1.51. The van der Waals surface area contributed by atoms with Gasteiger partial charge in [0.2, 0.25) is 0 Å². The van der Waals surface area contributed by atoms with Gasteiger partial charge in [0, 0.05) is 18.2 Å². The number of ether oxygens (including phenoxy) is 1. The zero-order valence-electron chi connectivity index (χ0n) is 13.4. The molecule has 1 amide bonds. The Hall–Kier alpha value is -1.85. The Labute approximate surface area is 150 Å². The molecule has 0 heterocycles. The second-order valence-corrected chi connectivity index (χ2v) is 6.98. The van der Waals surface area contributed by atoms with Gasteiger partial charge in [-0.25, -0.2) is 0 Å². The highest BCUT2D eigenvalue weighted by Crippen LogP contribution is 2.31. The van der Waals surface area contributed by atoms with Crippen molar-refractivity contribution in [3.63, 3.8) is 0 Å². The van der Waals surface area contributed by atoms with E-state index in [1.807, 2.05) is 48.5 Å². The predicted molar refractivity (Wildman–Crippen MR) is 97.9 cm³/mol. The van der Waals surface area contributed by atoms with Crippen molar-refractivity contribution in [2.75, 3.05) is 6.54 Å². The van der Waals surface area contributed by atoms with Crippen LogP contribution in [-0.2, 0) is 6.61 Å². The van der Waals surface area contributed by atoms with Crippen LogP contribution in [0.3, 0.4) is 0 Å². The largest absolute Gasteiger partial charge is 0.488 e. The Morgan fingerprint density at radius 3 is 2.58 bits per heavy atom. The first-order chi connectivity index (χ1) is 11.6. The Bertz CT molecular complexity index is 699. The normalized spacial score (nSPS) is 14.9. The molecule has 1 fully saturated rings. The third-order valence-corrected chi connectivity index (χ3v) is 4.83. The minimum Gasteiger partial charge on any atom is -0.488 e. The molecule has 1 unspecified atom stereocenters. The molecule has 0 radical (unpaired) electrons. The molecule has 1 aliphatic carbocycles. The summed E-state index contributed by atoms with van der Waals surface area (Å²) in [6, 6.07) is 15.3. The summed E-state index contributed by atoms with van der Waals surface area (Å²) in [6.07, 6.45) is 2.37. The summed E-state index contributed by atoms with van der Waals surface area (Å²) >= 11 is 3.46. The van der Waals surface area contributed by atoms with Crippen LogP contribution in [0.2, 0.25) is 0 Å². The molecule has 3 rings (SSSR count). The molecule has 1 saturated carbocycles. The van der Waals surface area contributed by atoms with E-state index in [4.69, 9.17) is 10.5 Å². The van der Waals surface area contributed by atoms with Gasteiger partial charge in [-0.05, 0) is 64.5 Å². The SMILES string of the molecule is NC(CNC(=O)c1ccc(COc2ccccc2Br)cc1)C1CC1. The van der Waals surface area contributed by atoms with E-state index in [1.54, 1.807) is 0 Å². The van der Waals surface area contributed by atoms with Crippen molar-refractivity contribution >= 4 is 21.8 Å². The van der Waals surface area contributed by atoms with Crippen LogP contribution in [0.15, 0.2) is 53.0 Å². The predicted octanol–water partition coefficient (Wildman–Crippen LogP) is 3.50. The van der Waals surface area contributed by atoms with Crippen molar-refractivity contribution in [2.45, 2.75) is 25.5 Å². The van der Waals surface area contributed by atoms with E-state index in [1.165, 1.54) is 12.8 Å².